The molecule has 1 aliphatic rings. The fraction of sp³-hybridized carbons (Fsp3) is 0.588. The first-order valence-corrected chi connectivity index (χ1v) is 7.94. The summed E-state index contributed by atoms with van der Waals surface area (Å²) in [6.07, 6.45) is 4.55. The van der Waals surface area contributed by atoms with Gasteiger partial charge in [0.05, 0.1) is 12.1 Å². The zero-order chi connectivity index (χ0) is 15.2. The second-order valence-electron chi connectivity index (χ2n) is 5.92. The van der Waals surface area contributed by atoms with Crippen molar-refractivity contribution < 1.29 is 9.90 Å². The number of amides is 1. The number of nitrogens with zero attached hydrogens (tertiary/aromatic N) is 1. The van der Waals surface area contributed by atoms with Gasteiger partial charge in [-0.1, -0.05) is 37.5 Å². The number of carbonyl (C=O) groups is 1. The second kappa shape index (κ2) is 7.57. The Hall–Kier alpha value is -1.39. The van der Waals surface area contributed by atoms with E-state index in [1.54, 1.807) is 0 Å². The average Bonchev–Trinajstić information content (AvgIpc) is 2.48. The fourth-order valence-electron chi connectivity index (χ4n) is 2.90. The molecule has 0 heterocycles. The van der Waals surface area contributed by atoms with E-state index in [9.17, 15) is 9.90 Å². The minimum absolute atomic E-state index is 0.0353. The molecule has 0 spiro atoms. The Balaban J connectivity index is 2.04. The molecule has 0 aliphatic heterocycles. The predicted molar refractivity (Wildman–Crippen MR) is 83.9 cm³/mol. The van der Waals surface area contributed by atoms with Crippen molar-refractivity contribution >= 4 is 5.91 Å². The molecule has 1 aromatic carbocycles. The maximum Gasteiger partial charge on any atom is 0.265 e. The Kier molecular flexibility index (Phi) is 5.76. The second-order valence-corrected chi connectivity index (χ2v) is 5.92. The lowest BCUT2D eigenvalue weighted by Gasteiger charge is -2.37. The van der Waals surface area contributed by atoms with Crippen LogP contribution in [0.1, 0.15) is 54.9 Å². The molecular formula is C17H26N2O2. The van der Waals surface area contributed by atoms with E-state index in [1.807, 2.05) is 36.2 Å². The first-order valence-electron chi connectivity index (χ1n) is 7.94. The van der Waals surface area contributed by atoms with Gasteiger partial charge < -0.3 is 5.11 Å². The molecule has 1 fully saturated rings. The molecule has 2 rings (SSSR count). The average molecular weight is 290 g/mol. The van der Waals surface area contributed by atoms with Gasteiger partial charge in [-0.2, -0.15) is 0 Å². The van der Waals surface area contributed by atoms with Crippen LogP contribution < -0.4 is 5.43 Å². The van der Waals surface area contributed by atoms with Crippen molar-refractivity contribution in [1.82, 2.24) is 10.4 Å². The van der Waals surface area contributed by atoms with Gasteiger partial charge in [-0.25, -0.2) is 5.01 Å². The Morgan fingerprint density at radius 2 is 1.95 bits per heavy atom. The van der Waals surface area contributed by atoms with Crippen molar-refractivity contribution in [3.05, 3.63) is 35.4 Å². The maximum absolute atomic E-state index is 12.4. The van der Waals surface area contributed by atoms with E-state index in [4.69, 9.17) is 0 Å². The van der Waals surface area contributed by atoms with Crippen molar-refractivity contribution in [2.45, 2.75) is 58.1 Å². The molecule has 4 nitrogen and oxygen atoms in total. The summed E-state index contributed by atoms with van der Waals surface area (Å²) >= 11 is 0. The molecule has 0 saturated heterocycles. The third-order valence-corrected chi connectivity index (χ3v) is 4.12. The monoisotopic (exact) mass is 290 g/mol. The van der Waals surface area contributed by atoms with Gasteiger partial charge in [0.25, 0.3) is 5.91 Å². The first kappa shape index (κ1) is 16.0. The highest BCUT2D eigenvalue weighted by Crippen LogP contribution is 2.22. The van der Waals surface area contributed by atoms with Crippen LogP contribution in [0.25, 0.3) is 0 Å². The number of aliphatic hydroxyl groups excluding tert-OH is 1. The van der Waals surface area contributed by atoms with E-state index in [1.165, 1.54) is 0 Å². The van der Waals surface area contributed by atoms with Crippen LogP contribution in [0.4, 0.5) is 0 Å². The van der Waals surface area contributed by atoms with Crippen LogP contribution in [0.3, 0.4) is 0 Å². The zero-order valence-electron chi connectivity index (χ0n) is 13.0. The number of carbonyl (C=O) groups excluding carboxylic acids is 1. The predicted octanol–water partition coefficient (Wildman–Crippen LogP) is 2.66. The van der Waals surface area contributed by atoms with E-state index in [2.05, 4.69) is 12.3 Å². The van der Waals surface area contributed by atoms with E-state index >= 15 is 0 Å². The van der Waals surface area contributed by atoms with Gasteiger partial charge in [0, 0.05) is 12.1 Å². The summed E-state index contributed by atoms with van der Waals surface area (Å²) in [5, 5.41) is 12.1. The molecule has 4 heteroatoms. The third-order valence-electron chi connectivity index (χ3n) is 4.12. The van der Waals surface area contributed by atoms with E-state index in [-0.39, 0.29) is 18.1 Å². The van der Waals surface area contributed by atoms with Gasteiger partial charge in [0.15, 0.2) is 0 Å². The van der Waals surface area contributed by atoms with Crippen molar-refractivity contribution in [2.75, 3.05) is 6.54 Å². The number of aryl methyl sites for hydroxylation is 1. The van der Waals surface area contributed by atoms with Crippen molar-refractivity contribution in [1.29, 1.82) is 0 Å². The Bertz CT molecular complexity index is 458. The van der Waals surface area contributed by atoms with Crippen LogP contribution in [-0.2, 0) is 0 Å². The molecule has 1 unspecified atom stereocenters. The van der Waals surface area contributed by atoms with Crippen LogP contribution in [0.15, 0.2) is 24.3 Å². The largest absolute Gasteiger partial charge is 0.391 e. The molecule has 1 aliphatic carbocycles. The number of rotatable bonds is 5. The summed E-state index contributed by atoms with van der Waals surface area (Å²) in [7, 11) is 0. The smallest absolute Gasteiger partial charge is 0.265 e. The van der Waals surface area contributed by atoms with Gasteiger partial charge in [0.1, 0.15) is 0 Å². The van der Waals surface area contributed by atoms with Gasteiger partial charge in [-0.3, -0.25) is 10.2 Å². The summed E-state index contributed by atoms with van der Waals surface area (Å²) in [6, 6.07) is 7.59. The Labute approximate surface area is 127 Å². The van der Waals surface area contributed by atoms with Crippen molar-refractivity contribution in [2.24, 2.45) is 0 Å². The molecular weight excluding hydrogens is 264 g/mol. The molecule has 1 amide bonds. The van der Waals surface area contributed by atoms with Crippen LogP contribution in [0.5, 0.6) is 0 Å². The van der Waals surface area contributed by atoms with Gasteiger partial charge in [-0.15, -0.1) is 0 Å². The molecule has 0 bridgehead atoms. The molecule has 0 radical (unpaired) electrons. The van der Waals surface area contributed by atoms with Gasteiger partial charge in [-0.05, 0) is 38.3 Å². The molecule has 116 valence electrons. The molecule has 1 saturated carbocycles. The highest BCUT2D eigenvalue weighted by molar-refractivity contribution is 5.93. The third kappa shape index (κ3) is 4.29. The maximum atomic E-state index is 12.4. The minimum atomic E-state index is -0.344. The van der Waals surface area contributed by atoms with Crippen LogP contribution in [0, 0.1) is 6.92 Å². The van der Waals surface area contributed by atoms with Crippen molar-refractivity contribution in [3.8, 4) is 0 Å². The van der Waals surface area contributed by atoms with E-state index < -0.39 is 0 Å². The van der Waals surface area contributed by atoms with Crippen LogP contribution in [-0.4, -0.2) is 34.7 Å². The lowest BCUT2D eigenvalue weighted by Crippen LogP contribution is -2.54. The van der Waals surface area contributed by atoms with Gasteiger partial charge in [0.2, 0.25) is 0 Å². The summed E-state index contributed by atoms with van der Waals surface area (Å²) in [6.45, 7) is 4.85. The summed E-state index contributed by atoms with van der Waals surface area (Å²) in [4.78, 5) is 12.4. The van der Waals surface area contributed by atoms with E-state index in [0.717, 1.165) is 44.2 Å². The normalized spacial score (nSPS) is 22.3. The molecule has 2 atom stereocenters. The topological polar surface area (TPSA) is 52.6 Å². The first-order chi connectivity index (χ1) is 10.1. The Morgan fingerprint density at radius 1 is 1.29 bits per heavy atom. The molecule has 0 aromatic heterocycles. The number of nitrogens with one attached hydrogen (secondary N) is 1. The highest BCUT2D eigenvalue weighted by Gasteiger charge is 2.29. The summed E-state index contributed by atoms with van der Waals surface area (Å²) in [5.74, 6) is -0.0961. The van der Waals surface area contributed by atoms with Gasteiger partial charge >= 0.3 is 0 Å². The lowest BCUT2D eigenvalue weighted by atomic mass is 9.92. The SMILES string of the molecule is CCCN(NC(=O)c1ccc(C)cc1)C1CCCC[C@@H]1O. The number of aliphatic hydroxyl groups is 1. The molecule has 21 heavy (non-hydrogen) atoms. The quantitative estimate of drug-likeness (QED) is 0.820. The number of hydrogen-bond acceptors (Lipinski definition) is 3. The number of hydrazine groups is 1. The standard InChI is InChI=1S/C17H26N2O2/c1-3-12-19(15-6-4-5-7-16(15)20)18-17(21)14-10-8-13(2)9-11-14/h8-11,15-16,20H,3-7,12H2,1-2H3,(H,18,21)/t15?,16-/m0/s1. The molecule has 1 aromatic rings. The Morgan fingerprint density at radius 3 is 2.57 bits per heavy atom. The van der Waals surface area contributed by atoms with Crippen LogP contribution in [0.2, 0.25) is 0 Å². The zero-order valence-corrected chi connectivity index (χ0v) is 13.0. The van der Waals surface area contributed by atoms with Crippen molar-refractivity contribution in [3.63, 3.8) is 0 Å². The highest BCUT2D eigenvalue weighted by atomic mass is 16.3. The van der Waals surface area contributed by atoms with E-state index in [0.29, 0.717) is 5.56 Å². The summed E-state index contributed by atoms with van der Waals surface area (Å²) in [5.41, 5.74) is 4.79. The lowest BCUT2D eigenvalue weighted by molar-refractivity contribution is -0.00443. The summed E-state index contributed by atoms with van der Waals surface area (Å²) < 4.78 is 0. The van der Waals surface area contributed by atoms with Crippen LogP contribution >= 0.6 is 0 Å². The minimum Gasteiger partial charge on any atom is -0.391 e. The number of benzene rings is 1. The molecule has 2 N–H and O–H groups in total. The number of hydrogen-bond donors (Lipinski definition) is 2. The fourth-order valence-corrected chi connectivity index (χ4v) is 2.90.